The number of carbonyl (C=O) groups excluding carboxylic acids is 2. The molecule has 6 heteroatoms. The Balaban J connectivity index is 2.72. The van der Waals surface area contributed by atoms with Gasteiger partial charge in [-0.05, 0) is 20.0 Å². The Hall–Kier alpha value is -1.14. The van der Waals surface area contributed by atoms with E-state index in [0.29, 0.717) is 12.8 Å². The van der Waals surface area contributed by atoms with E-state index < -0.39 is 0 Å². The molecule has 0 spiro atoms. The van der Waals surface area contributed by atoms with Gasteiger partial charge in [-0.3, -0.25) is 14.5 Å². The number of esters is 2. The number of carbonyl (C=O) groups is 2. The van der Waals surface area contributed by atoms with Crippen LogP contribution >= 0.6 is 0 Å². The minimum Gasteiger partial charge on any atom is -0.469 e. The van der Waals surface area contributed by atoms with Gasteiger partial charge in [-0.1, -0.05) is 6.92 Å². The van der Waals surface area contributed by atoms with Crippen molar-refractivity contribution in [1.29, 1.82) is 0 Å². The van der Waals surface area contributed by atoms with E-state index in [1.165, 1.54) is 14.2 Å². The second-order valence-electron chi connectivity index (χ2n) is 5.29. The van der Waals surface area contributed by atoms with Gasteiger partial charge in [-0.2, -0.15) is 0 Å². The largest absolute Gasteiger partial charge is 0.469 e. The Kier molecular flexibility index (Phi) is 6.95. The molecule has 6 nitrogen and oxygen atoms in total. The maximum atomic E-state index is 11.5. The molecule has 2 atom stereocenters. The van der Waals surface area contributed by atoms with Crippen LogP contribution in [0.15, 0.2) is 0 Å². The van der Waals surface area contributed by atoms with Crippen molar-refractivity contribution in [2.75, 3.05) is 40.9 Å². The van der Waals surface area contributed by atoms with Crippen LogP contribution in [0.25, 0.3) is 0 Å². The van der Waals surface area contributed by atoms with Crippen molar-refractivity contribution in [1.82, 2.24) is 9.80 Å². The lowest BCUT2D eigenvalue weighted by atomic mass is 10.0. The van der Waals surface area contributed by atoms with Crippen LogP contribution in [0.5, 0.6) is 0 Å². The summed E-state index contributed by atoms with van der Waals surface area (Å²) in [6.45, 7) is 4.76. The van der Waals surface area contributed by atoms with Crippen LogP contribution in [0.4, 0.5) is 0 Å². The van der Waals surface area contributed by atoms with Crippen LogP contribution in [-0.2, 0) is 19.1 Å². The third-order valence-corrected chi connectivity index (χ3v) is 3.89. The summed E-state index contributed by atoms with van der Waals surface area (Å²) in [6.07, 6.45) is 1.76. The van der Waals surface area contributed by atoms with Crippen molar-refractivity contribution in [3.8, 4) is 0 Å². The van der Waals surface area contributed by atoms with Crippen molar-refractivity contribution in [3.63, 3.8) is 0 Å². The number of piperazine rings is 1. The Labute approximate surface area is 121 Å². The van der Waals surface area contributed by atoms with Gasteiger partial charge in [-0.25, -0.2) is 0 Å². The van der Waals surface area contributed by atoms with Crippen molar-refractivity contribution >= 4 is 11.9 Å². The zero-order valence-electron chi connectivity index (χ0n) is 12.9. The van der Waals surface area contributed by atoms with Gasteiger partial charge in [0.15, 0.2) is 0 Å². The first kappa shape index (κ1) is 16.9. The third kappa shape index (κ3) is 4.76. The molecule has 0 aromatic heterocycles. The van der Waals surface area contributed by atoms with Gasteiger partial charge in [-0.15, -0.1) is 0 Å². The van der Waals surface area contributed by atoms with Crippen molar-refractivity contribution in [2.24, 2.45) is 0 Å². The van der Waals surface area contributed by atoms with E-state index in [1.54, 1.807) is 0 Å². The van der Waals surface area contributed by atoms with Gasteiger partial charge in [0.05, 0.1) is 27.1 Å². The molecule has 2 unspecified atom stereocenters. The Morgan fingerprint density at radius 2 is 1.50 bits per heavy atom. The summed E-state index contributed by atoms with van der Waals surface area (Å²) in [5.74, 6) is -0.422. The molecule has 0 N–H and O–H groups in total. The van der Waals surface area contributed by atoms with E-state index in [9.17, 15) is 9.59 Å². The summed E-state index contributed by atoms with van der Waals surface area (Å²) in [6, 6.07) is 0.162. The Bertz CT molecular complexity index is 307. The third-order valence-electron chi connectivity index (χ3n) is 3.89. The smallest absolute Gasteiger partial charge is 0.307 e. The first-order chi connectivity index (χ1) is 9.51. The van der Waals surface area contributed by atoms with E-state index >= 15 is 0 Å². The lowest BCUT2D eigenvalue weighted by Crippen LogP contribution is -2.58. The molecule has 0 aromatic carbocycles. The quantitative estimate of drug-likeness (QED) is 0.663. The molecule has 1 heterocycles. The van der Waals surface area contributed by atoms with E-state index in [-0.39, 0.29) is 24.0 Å². The number of likely N-dealkylation sites (N-methyl/N-ethyl adjacent to an activating group) is 1. The molecule has 0 aromatic rings. The molecule has 0 aliphatic carbocycles. The SMILES string of the molecule is CCCN1CC(CC(=O)OC)N(C)C(CC(=O)OC)C1. The topological polar surface area (TPSA) is 59.1 Å². The van der Waals surface area contributed by atoms with Gasteiger partial charge < -0.3 is 14.4 Å². The van der Waals surface area contributed by atoms with Crippen LogP contribution in [0.2, 0.25) is 0 Å². The summed E-state index contributed by atoms with van der Waals surface area (Å²) in [5, 5.41) is 0. The summed E-state index contributed by atoms with van der Waals surface area (Å²) < 4.78 is 9.52. The highest BCUT2D eigenvalue weighted by molar-refractivity contribution is 5.71. The lowest BCUT2D eigenvalue weighted by molar-refractivity contribution is -0.144. The van der Waals surface area contributed by atoms with Crippen LogP contribution in [0.3, 0.4) is 0 Å². The zero-order chi connectivity index (χ0) is 15.1. The van der Waals surface area contributed by atoms with Crippen molar-refractivity contribution < 1.29 is 19.1 Å². The number of nitrogens with zero attached hydrogens (tertiary/aromatic N) is 2. The predicted octanol–water partition coefficient (Wildman–Crippen LogP) is 0.507. The molecule has 1 rings (SSSR count). The second kappa shape index (κ2) is 8.21. The van der Waals surface area contributed by atoms with Crippen molar-refractivity contribution in [2.45, 2.75) is 38.3 Å². The number of ether oxygens (including phenoxy) is 2. The normalized spacial score (nSPS) is 24.4. The standard InChI is InChI=1S/C14H26N2O4/c1-5-6-16-9-11(7-13(17)19-3)15(2)12(10-16)8-14(18)20-4/h11-12H,5-10H2,1-4H3. The maximum Gasteiger partial charge on any atom is 0.307 e. The first-order valence-electron chi connectivity index (χ1n) is 7.09. The fourth-order valence-corrected chi connectivity index (χ4v) is 2.69. The molecule has 1 fully saturated rings. The fraction of sp³-hybridized carbons (Fsp3) is 0.857. The van der Waals surface area contributed by atoms with Crippen LogP contribution in [0.1, 0.15) is 26.2 Å². The first-order valence-corrected chi connectivity index (χ1v) is 7.09. The molecular formula is C14H26N2O4. The molecule has 116 valence electrons. The number of rotatable bonds is 6. The Morgan fingerprint density at radius 3 is 1.85 bits per heavy atom. The maximum absolute atomic E-state index is 11.5. The molecule has 20 heavy (non-hydrogen) atoms. The molecule has 0 saturated carbocycles. The molecule has 1 aliphatic heterocycles. The molecule has 1 saturated heterocycles. The van der Waals surface area contributed by atoms with Crippen LogP contribution < -0.4 is 0 Å². The number of methoxy groups -OCH3 is 2. The minimum atomic E-state index is -0.211. The second-order valence-corrected chi connectivity index (χ2v) is 5.29. The monoisotopic (exact) mass is 286 g/mol. The van der Waals surface area contributed by atoms with Gasteiger partial charge in [0.2, 0.25) is 0 Å². The van der Waals surface area contributed by atoms with Gasteiger partial charge >= 0.3 is 11.9 Å². The number of hydrogen-bond acceptors (Lipinski definition) is 6. The zero-order valence-corrected chi connectivity index (χ0v) is 12.9. The predicted molar refractivity (Wildman–Crippen MR) is 75.3 cm³/mol. The molecule has 0 radical (unpaired) electrons. The van der Waals surface area contributed by atoms with Gasteiger partial charge in [0.1, 0.15) is 0 Å². The van der Waals surface area contributed by atoms with Gasteiger partial charge in [0, 0.05) is 25.2 Å². The Morgan fingerprint density at radius 1 is 1.05 bits per heavy atom. The molecular weight excluding hydrogens is 260 g/mol. The van der Waals surface area contributed by atoms with E-state index in [2.05, 4.69) is 16.7 Å². The van der Waals surface area contributed by atoms with E-state index in [1.807, 2.05) is 7.05 Å². The van der Waals surface area contributed by atoms with Crippen molar-refractivity contribution in [3.05, 3.63) is 0 Å². The minimum absolute atomic E-state index is 0.0809. The highest BCUT2D eigenvalue weighted by atomic mass is 16.5. The van der Waals surface area contributed by atoms with E-state index in [0.717, 1.165) is 26.1 Å². The molecule has 0 amide bonds. The van der Waals surface area contributed by atoms with Crippen LogP contribution in [0, 0.1) is 0 Å². The summed E-state index contributed by atoms with van der Waals surface area (Å²) in [7, 11) is 4.77. The average molecular weight is 286 g/mol. The summed E-state index contributed by atoms with van der Waals surface area (Å²) in [5.41, 5.74) is 0. The van der Waals surface area contributed by atoms with E-state index in [4.69, 9.17) is 9.47 Å². The molecule has 0 bridgehead atoms. The lowest BCUT2D eigenvalue weighted by Gasteiger charge is -2.44. The molecule has 1 aliphatic rings. The summed E-state index contributed by atoms with van der Waals surface area (Å²) in [4.78, 5) is 27.5. The highest BCUT2D eigenvalue weighted by Gasteiger charge is 2.34. The fourth-order valence-electron chi connectivity index (χ4n) is 2.69. The average Bonchev–Trinajstić information content (AvgIpc) is 2.43. The highest BCUT2D eigenvalue weighted by Crippen LogP contribution is 2.19. The van der Waals surface area contributed by atoms with Crippen LogP contribution in [-0.4, -0.2) is 74.7 Å². The summed E-state index contributed by atoms with van der Waals surface area (Å²) >= 11 is 0. The van der Waals surface area contributed by atoms with Gasteiger partial charge in [0.25, 0.3) is 0 Å². The number of hydrogen-bond donors (Lipinski definition) is 0.